The van der Waals surface area contributed by atoms with E-state index in [1.54, 1.807) is 36.8 Å². The molecule has 4 saturated carbocycles. The molecule has 6 rings (SSSR count). The fourth-order valence-electron chi connectivity index (χ4n) is 10.5. The van der Waals surface area contributed by atoms with Crippen LogP contribution in [0.3, 0.4) is 0 Å². The van der Waals surface area contributed by atoms with Gasteiger partial charge in [-0.05, 0) is 109 Å². The Balaban J connectivity index is 1.16. The van der Waals surface area contributed by atoms with Gasteiger partial charge in [0, 0.05) is 12.7 Å². The number of aliphatic hydroxyl groups excluding tert-OH is 10. The van der Waals surface area contributed by atoms with Crippen molar-refractivity contribution in [3.63, 3.8) is 0 Å². The van der Waals surface area contributed by atoms with Gasteiger partial charge in [0.2, 0.25) is 5.91 Å². The summed E-state index contributed by atoms with van der Waals surface area (Å²) in [5, 5.41) is 118. The van der Waals surface area contributed by atoms with E-state index in [1.165, 1.54) is 4.68 Å². The zero-order chi connectivity index (χ0) is 46.3. The number of carbonyl (C=O) groups excluding carboxylic acids is 2. The van der Waals surface area contributed by atoms with E-state index in [1.807, 2.05) is 0 Å². The SMILES string of the molecule is CC(C)(C)OC(=O)N(CC(=O)N1CCC[C@H]1C#N)C12CC3C[C@H](CC(OCCOCCn4cc(CC(C[C@H](O)[C@@H](O)[C@H](O)[C@H](O)CO)C[C@H](O)[C@@H](O)[C@H](O)[C@H](O)CO)nn4)(C3)C1)C2. The zero-order valence-corrected chi connectivity index (χ0v) is 36.6. The average Bonchev–Trinajstić information content (AvgIpc) is 3.90. The Morgan fingerprint density at radius 1 is 0.889 bits per heavy atom. The van der Waals surface area contributed by atoms with Gasteiger partial charge in [-0.1, -0.05) is 5.21 Å². The van der Waals surface area contributed by atoms with Crippen molar-refractivity contribution in [2.75, 3.05) is 46.1 Å². The molecule has 13 atom stereocenters. The summed E-state index contributed by atoms with van der Waals surface area (Å²) in [6, 6.07) is 1.72. The molecule has 1 saturated heterocycles. The number of aromatic nitrogens is 3. The first-order chi connectivity index (χ1) is 29.7. The number of likely N-dealkylation sites (tertiary alicyclic amines) is 1. The summed E-state index contributed by atoms with van der Waals surface area (Å²) in [5.74, 6) is -0.396. The first kappa shape index (κ1) is 50.9. The summed E-state index contributed by atoms with van der Waals surface area (Å²) in [6.07, 6.45) is -7.72. The minimum Gasteiger partial charge on any atom is -0.444 e. The molecule has 5 aliphatic rings. The molecule has 0 spiro atoms. The molecule has 21 heteroatoms. The second-order valence-corrected chi connectivity index (χ2v) is 19.4. The van der Waals surface area contributed by atoms with Crippen molar-refractivity contribution in [3.8, 4) is 6.07 Å². The van der Waals surface area contributed by atoms with Crippen LogP contribution < -0.4 is 0 Å². The summed E-state index contributed by atoms with van der Waals surface area (Å²) >= 11 is 0. The van der Waals surface area contributed by atoms with Crippen molar-refractivity contribution in [1.29, 1.82) is 5.26 Å². The maximum atomic E-state index is 13.9. The molecular weight excluding hydrogens is 828 g/mol. The number of rotatable bonds is 24. The Labute approximate surface area is 367 Å². The third-order valence-electron chi connectivity index (χ3n) is 13.2. The molecule has 358 valence electrons. The van der Waals surface area contributed by atoms with Crippen LogP contribution in [0, 0.1) is 29.1 Å². The Bertz CT molecular complexity index is 1630. The van der Waals surface area contributed by atoms with Crippen LogP contribution in [0.1, 0.15) is 90.7 Å². The van der Waals surface area contributed by atoms with Crippen LogP contribution in [0.2, 0.25) is 0 Å². The van der Waals surface area contributed by atoms with Crippen molar-refractivity contribution in [2.45, 2.75) is 170 Å². The fraction of sp³-hybridized carbons (Fsp3) is 0.881. The number of ether oxygens (including phenoxy) is 3. The van der Waals surface area contributed by atoms with E-state index in [4.69, 9.17) is 24.4 Å². The maximum absolute atomic E-state index is 13.9. The van der Waals surface area contributed by atoms with Gasteiger partial charge in [-0.15, -0.1) is 5.10 Å². The van der Waals surface area contributed by atoms with E-state index in [-0.39, 0.29) is 51.5 Å². The summed E-state index contributed by atoms with van der Waals surface area (Å²) in [7, 11) is 0. The lowest BCUT2D eigenvalue weighted by Crippen LogP contribution is -2.68. The number of amides is 2. The Morgan fingerprint density at radius 3 is 2.03 bits per heavy atom. The highest BCUT2D eigenvalue weighted by molar-refractivity contribution is 5.83. The van der Waals surface area contributed by atoms with Gasteiger partial charge in [-0.2, -0.15) is 5.26 Å². The molecule has 5 fully saturated rings. The van der Waals surface area contributed by atoms with Crippen molar-refractivity contribution >= 4 is 12.0 Å². The lowest BCUT2D eigenvalue weighted by molar-refractivity contribution is -0.202. The Hall–Kier alpha value is -3.11. The van der Waals surface area contributed by atoms with Gasteiger partial charge in [0.05, 0.1) is 74.7 Å². The lowest BCUT2D eigenvalue weighted by Gasteiger charge is -2.64. The number of nitriles is 1. The topological polar surface area (TPSA) is 325 Å². The second-order valence-electron chi connectivity index (χ2n) is 19.4. The standard InChI is InChI=1S/C42H70N6O15/c1-40(2,3)63-39(60)48(21-34(55)47-6-4-5-29(47)19-43)41-15-26-11-27(16-41)18-42(17-26,24-41)62-10-9-61-8-7-46-20-28(44-45-46)12-25(13-30(51)35(56)37(58)32(53)22-49)14-31(52)36(57)38(59)33(54)23-50/h20,25-27,29-33,35-38,49-54,56-59H,4-18,21-24H2,1-3H3/t26-,27?,29-,30-,31-,32+,33+,35+,36+,37+,38+,41?,42?/m0/s1. The van der Waals surface area contributed by atoms with Crippen LogP contribution >= 0.6 is 0 Å². The highest BCUT2D eigenvalue weighted by Crippen LogP contribution is 2.61. The lowest BCUT2D eigenvalue weighted by atomic mass is 9.50. The number of hydrogen-bond donors (Lipinski definition) is 10. The van der Waals surface area contributed by atoms with E-state index in [9.17, 15) is 55.7 Å². The minimum absolute atomic E-state index is 0.0310. The fourth-order valence-corrected chi connectivity index (χ4v) is 10.5. The second kappa shape index (κ2) is 21.9. The average molecular weight is 899 g/mol. The largest absolute Gasteiger partial charge is 0.444 e. The van der Waals surface area contributed by atoms with Gasteiger partial charge in [0.25, 0.3) is 0 Å². The third-order valence-corrected chi connectivity index (χ3v) is 13.2. The Morgan fingerprint density at radius 2 is 1.48 bits per heavy atom. The third kappa shape index (κ3) is 13.0. The monoisotopic (exact) mass is 898 g/mol. The first-order valence-corrected chi connectivity index (χ1v) is 22.2. The quantitative estimate of drug-likeness (QED) is 0.0500. The highest BCUT2D eigenvalue weighted by atomic mass is 16.6. The van der Waals surface area contributed by atoms with E-state index in [0.29, 0.717) is 43.5 Å². The molecule has 2 amide bonds. The number of aliphatic hydroxyl groups is 10. The molecule has 10 N–H and O–H groups in total. The molecule has 21 nitrogen and oxygen atoms in total. The van der Waals surface area contributed by atoms with Crippen LogP contribution in [0.4, 0.5) is 4.79 Å². The first-order valence-electron chi connectivity index (χ1n) is 22.2. The molecule has 4 aliphatic carbocycles. The minimum atomic E-state index is -1.89. The van der Waals surface area contributed by atoms with Crippen LogP contribution in [0.15, 0.2) is 6.20 Å². The van der Waals surface area contributed by atoms with Gasteiger partial charge < -0.3 is 70.2 Å². The van der Waals surface area contributed by atoms with Crippen LogP contribution in [0.5, 0.6) is 0 Å². The van der Waals surface area contributed by atoms with Gasteiger partial charge in [-0.25, -0.2) is 9.48 Å². The zero-order valence-electron chi connectivity index (χ0n) is 36.6. The smallest absolute Gasteiger partial charge is 0.411 e. The van der Waals surface area contributed by atoms with Crippen molar-refractivity contribution in [3.05, 3.63) is 11.9 Å². The van der Waals surface area contributed by atoms with Crippen molar-refractivity contribution < 1.29 is 74.9 Å². The van der Waals surface area contributed by atoms with E-state index < -0.39 is 96.8 Å². The van der Waals surface area contributed by atoms with Gasteiger partial charge in [0.1, 0.15) is 54.8 Å². The predicted octanol–water partition coefficient (Wildman–Crippen LogP) is -2.03. The van der Waals surface area contributed by atoms with E-state index in [2.05, 4.69) is 16.4 Å². The van der Waals surface area contributed by atoms with Crippen LogP contribution in [0.25, 0.3) is 0 Å². The molecule has 3 unspecified atom stereocenters. The summed E-state index contributed by atoms with van der Waals surface area (Å²) in [5.41, 5.74) is -1.51. The molecule has 1 aromatic rings. The molecule has 0 radical (unpaired) electrons. The molecule has 1 aromatic heterocycles. The van der Waals surface area contributed by atoms with Crippen molar-refractivity contribution in [1.82, 2.24) is 24.8 Å². The van der Waals surface area contributed by atoms with Crippen LogP contribution in [-0.4, -0.2) is 206 Å². The van der Waals surface area contributed by atoms with Gasteiger partial charge >= 0.3 is 6.09 Å². The summed E-state index contributed by atoms with van der Waals surface area (Å²) in [4.78, 5) is 30.9. The molecule has 63 heavy (non-hydrogen) atoms. The number of hydrogen-bond acceptors (Lipinski definition) is 18. The highest BCUT2D eigenvalue weighted by Gasteiger charge is 2.62. The van der Waals surface area contributed by atoms with Crippen molar-refractivity contribution in [2.24, 2.45) is 17.8 Å². The van der Waals surface area contributed by atoms with Gasteiger partial charge in [0.15, 0.2) is 0 Å². The number of carbonyl (C=O) groups is 2. The molecule has 1 aliphatic heterocycles. The molecule has 4 bridgehead atoms. The Kier molecular flexibility index (Phi) is 17.7. The predicted molar refractivity (Wildman–Crippen MR) is 219 cm³/mol. The maximum Gasteiger partial charge on any atom is 0.411 e. The normalized spacial score (nSPS) is 28.3. The van der Waals surface area contributed by atoms with Gasteiger partial charge in [-0.3, -0.25) is 9.69 Å². The molecule has 0 aromatic carbocycles. The summed E-state index contributed by atoms with van der Waals surface area (Å²) < 4.78 is 20.0. The van der Waals surface area contributed by atoms with E-state index in [0.717, 1.165) is 38.5 Å². The number of nitrogens with zero attached hydrogens (tertiary/aromatic N) is 6. The van der Waals surface area contributed by atoms with Crippen LogP contribution in [-0.2, 0) is 32.0 Å². The molecular formula is C42H70N6O15. The molecule has 2 heterocycles. The van der Waals surface area contributed by atoms with E-state index >= 15 is 0 Å². The summed E-state index contributed by atoms with van der Waals surface area (Å²) in [6.45, 7) is 5.05.